The maximum Gasteiger partial charge on any atom is 0.126 e. The highest BCUT2D eigenvalue weighted by Gasteiger charge is 2.14. The number of rotatable bonds is 6. The van der Waals surface area contributed by atoms with Crippen LogP contribution in [0, 0.1) is 25.1 Å². The summed E-state index contributed by atoms with van der Waals surface area (Å²) in [6, 6.07) is 5.02. The molecule has 0 saturated carbocycles. The van der Waals surface area contributed by atoms with E-state index in [1.807, 2.05) is 6.07 Å². The van der Waals surface area contributed by atoms with Gasteiger partial charge >= 0.3 is 0 Å². The minimum Gasteiger partial charge on any atom is -0.329 e. The summed E-state index contributed by atoms with van der Waals surface area (Å²) in [4.78, 5) is 0. The lowest BCUT2D eigenvalue weighted by molar-refractivity contribution is 0.474. The van der Waals surface area contributed by atoms with Gasteiger partial charge in [-0.3, -0.25) is 5.32 Å². The van der Waals surface area contributed by atoms with Crippen molar-refractivity contribution in [2.45, 2.75) is 38.8 Å². The quantitative estimate of drug-likeness (QED) is 0.759. The summed E-state index contributed by atoms with van der Waals surface area (Å²) in [6.07, 6.45) is 7.41. The molecule has 0 aromatic heterocycles. The Morgan fingerprint density at radius 2 is 2.22 bits per heavy atom. The van der Waals surface area contributed by atoms with Crippen molar-refractivity contribution in [3.8, 4) is 12.3 Å². The van der Waals surface area contributed by atoms with E-state index in [2.05, 4.69) is 18.2 Å². The van der Waals surface area contributed by atoms with Crippen molar-refractivity contribution in [3.05, 3.63) is 35.1 Å². The van der Waals surface area contributed by atoms with Gasteiger partial charge in [-0.05, 0) is 30.5 Å². The van der Waals surface area contributed by atoms with Gasteiger partial charge in [-0.1, -0.05) is 31.4 Å². The van der Waals surface area contributed by atoms with E-state index in [4.69, 9.17) is 12.2 Å². The van der Waals surface area contributed by atoms with Crippen LogP contribution >= 0.6 is 0 Å². The van der Waals surface area contributed by atoms with E-state index in [0.29, 0.717) is 12.1 Å². The highest BCUT2D eigenvalue weighted by atomic mass is 19.1. The predicted octanol–water partition coefficient (Wildman–Crippen LogP) is 2.53. The van der Waals surface area contributed by atoms with E-state index in [9.17, 15) is 4.39 Å². The largest absolute Gasteiger partial charge is 0.329 e. The van der Waals surface area contributed by atoms with E-state index < -0.39 is 0 Å². The molecule has 0 radical (unpaired) electrons. The molecular formula is C15H21FN2. The van der Waals surface area contributed by atoms with Gasteiger partial charge in [0, 0.05) is 12.6 Å². The number of halogens is 1. The van der Waals surface area contributed by atoms with Gasteiger partial charge in [-0.15, -0.1) is 6.42 Å². The number of nitrogens with one attached hydrogen (secondary N) is 1. The number of hydrogen-bond donors (Lipinski definition) is 2. The average Bonchev–Trinajstić information content (AvgIpc) is 2.38. The van der Waals surface area contributed by atoms with Crippen molar-refractivity contribution >= 4 is 0 Å². The molecule has 1 aromatic rings. The van der Waals surface area contributed by atoms with Gasteiger partial charge in [0.1, 0.15) is 5.82 Å². The molecule has 0 heterocycles. The van der Waals surface area contributed by atoms with Crippen molar-refractivity contribution in [2.75, 3.05) is 6.54 Å². The van der Waals surface area contributed by atoms with Crippen molar-refractivity contribution in [1.29, 1.82) is 0 Å². The van der Waals surface area contributed by atoms with Gasteiger partial charge in [0.15, 0.2) is 0 Å². The lowest BCUT2D eigenvalue weighted by Crippen LogP contribution is -2.35. The zero-order valence-electron chi connectivity index (χ0n) is 11.0. The van der Waals surface area contributed by atoms with Crippen LogP contribution in [0.3, 0.4) is 0 Å². The molecule has 3 N–H and O–H groups in total. The van der Waals surface area contributed by atoms with E-state index in [1.54, 1.807) is 13.0 Å². The van der Waals surface area contributed by atoms with E-state index >= 15 is 0 Å². The fraction of sp³-hybridized carbons (Fsp3) is 0.467. The third-order valence-electron chi connectivity index (χ3n) is 3.00. The highest BCUT2D eigenvalue weighted by molar-refractivity contribution is 5.27. The zero-order valence-corrected chi connectivity index (χ0v) is 11.0. The molecule has 0 aliphatic carbocycles. The monoisotopic (exact) mass is 248 g/mol. The van der Waals surface area contributed by atoms with Crippen molar-refractivity contribution in [2.24, 2.45) is 5.73 Å². The zero-order chi connectivity index (χ0) is 13.5. The van der Waals surface area contributed by atoms with Crippen molar-refractivity contribution < 1.29 is 4.39 Å². The Balaban J connectivity index is 2.82. The Labute approximate surface area is 109 Å². The average molecular weight is 248 g/mol. The van der Waals surface area contributed by atoms with Crippen LogP contribution in [0.2, 0.25) is 0 Å². The molecule has 1 rings (SSSR count). The minimum absolute atomic E-state index is 0.00825. The number of benzene rings is 1. The molecule has 0 aliphatic heterocycles. The number of terminal acetylenes is 1. The maximum absolute atomic E-state index is 13.2. The predicted molar refractivity (Wildman–Crippen MR) is 73.6 cm³/mol. The molecule has 2 unspecified atom stereocenters. The molecule has 3 heteroatoms. The molecule has 18 heavy (non-hydrogen) atoms. The van der Waals surface area contributed by atoms with Crippen molar-refractivity contribution in [1.82, 2.24) is 5.32 Å². The third kappa shape index (κ3) is 3.83. The summed E-state index contributed by atoms with van der Waals surface area (Å²) < 4.78 is 13.2. The normalized spacial score (nSPS) is 13.9. The first-order valence-corrected chi connectivity index (χ1v) is 6.30. The Morgan fingerprint density at radius 3 is 2.72 bits per heavy atom. The standard InChI is InChI=1S/C15H21FN2/c1-4-6-13(5-2)18-15(10-17)12-7-8-14(16)11(3)9-12/h2,7-9,13,15,18H,4,6,10,17H2,1,3H3. The van der Waals surface area contributed by atoms with Gasteiger partial charge in [0.05, 0.1) is 6.04 Å². The van der Waals surface area contributed by atoms with Crippen LogP contribution in [0.4, 0.5) is 4.39 Å². The molecule has 98 valence electrons. The van der Waals surface area contributed by atoms with Crippen LogP contribution < -0.4 is 11.1 Å². The third-order valence-corrected chi connectivity index (χ3v) is 3.00. The summed E-state index contributed by atoms with van der Waals surface area (Å²) in [5.41, 5.74) is 7.37. The van der Waals surface area contributed by atoms with Gasteiger partial charge < -0.3 is 5.73 Å². The van der Waals surface area contributed by atoms with Gasteiger partial charge in [-0.2, -0.15) is 0 Å². The second-order valence-electron chi connectivity index (χ2n) is 4.47. The summed E-state index contributed by atoms with van der Waals surface area (Å²) in [5.74, 6) is 2.53. The van der Waals surface area contributed by atoms with E-state index in [1.165, 1.54) is 6.07 Å². The van der Waals surface area contributed by atoms with Crippen LogP contribution in [-0.4, -0.2) is 12.6 Å². The Hall–Kier alpha value is -1.37. The molecule has 0 saturated heterocycles. The Bertz CT molecular complexity index is 423. The molecule has 0 bridgehead atoms. The molecule has 2 atom stereocenters. The smallest absolute Gasteiger partial charge is 0.126 e. The molecule has 0 fully saturated rings. The van der Waals surface area contributed by atoms with Gasteiger partial charge in [0.25, 0.3) is 0 Å². The van der Waals surface area contributed by atoms with Crippen LogP contribution in [0.1, 0.15) is 36.9 Å². The number of hydrogen-bond acceptors (Lipinski definition) is 2. The first-order chi connectivity index (χ1) is 8.62. The molecule has 2 nitrogen and oxygen atoms in total. The second-order valence-corrected chi connectivity index (χ2v) is 4.47. The lowest BCUT2D eigenvalue weighted by Gasteiger charge is -2.22. The number of aryl methyl sites for hydroxylation is 1. The lowest BCUT2D eigenvalue weighted by atomic mass is 10.0. The highest BCUT2D eigenvalue weighted by Crippen LogP contribution is 2.17. The van der Waals surface area contributed by atoms with Gasteiger partial charge in [0.2, 0.25) is 0 Å². The molecule has 1 aromatic carbocycles. The summed E-state index contributed by atoms with van der Waals surface area (Å²) >= 11 is 0. The molecular weight excluding hydrogens is 227 g/mol. The maximum atomic E-state index is 13.2. The van der Waals surface area contributed by atoms with Crippen LogP contribution in [0.25, 0.3) is 0 Å². The summed E-state index contributed by atoms with van der Waals surface area (Å²) in [7, 11) is 0. The fourth-order valence-electron chi connectivity index (χ4n) is 1.93. The Kier molecular flexibility index (Phi) is 5.84. The van der Waals surface area contributed by atoms with E-state index in [0.717, 1.165) is 18.4 Å². The van der Waals surface area contributed by atoms with Gasteiger partial charge in [-0.25, -0.2) is 4.39 Å². The second kappa shape index (κ2) is 7.15. The Morgan fingerprint density at radius 1 is 1.50 bits per heavy atom. The number of nitrogens with two attached hydrogens (primary N) is 1. The minimum atomic E-state index is -0.198. The molecule has 0 spiro atoms. The molecule has 0 amide bonds. The summed E-state index contributed by atoms with van der Waals surface area (Å²) in [6.45, 7) is 4.27. The molecule has 0 aliphatic rings. The SMILES string of the molecule is C#CC(CCC)NC(CN)c1ccc(F)c(C)c1. The van der Waals surface area contributed by atoms with Crippen LogP contribution in [0.5, 0.6) is 0 Å². The van der Waals surface area contributed by atoms with Crippen molar-refractivity contribution in [3.63, 3.8) is 0 Å². The van der Waals surface area contributed by atoms with Crippen LogP contribution in [-0.2, 0) is 0 Å². The fourth-order valence-corrected chi connectivity index (χ4v) is 1.93. The first kappa shape index (κ1) is 14.7. The first-order valence-electron chi connectivity index (χ1n) is 6.30. The summed E-state index contributed by atoms with van der Waals surface area (Å²) in [5, 5.41) is 3.33. The van der Waals surface area contributed by atoms with Crippen LogP contribution in [0.15, 0.2) is 18.2 Å². The van der Waals surface area contributed by atoms with E-state index in [-0.39, 0.29) is 17.9 Å². The topological polar surface area (TPSA) is 38.0 Å².